The number of aryl methyl sites for hydroxylation is 2. The van der Waals surface area contributed by atoms with Gasteiger partial charge in [0, 0.05) is 17.8 Å². The van der Waals surface area contributed by atoms with Gasteiger partial charge in [-0.15, -0.1) is 11.3 Å². The Hall–Kier alpha value is -1.27. The van der Waals surface area contributed by atoms with Crippen LogP contribution in [0.5, 0.6) is 0 Å². The van der Waals surface area contributed by atoms with Crippen LogP contribution in [0.25, 0.3) is 0 Å². The van der Waals surface area contributed by atoms with E-state index in [1.54, 1.807) is 11.3 Å². The van der Waals surface area contributed by atoms with Gasteiger partial charge in [0.2, 0.25) is 5.89 Å². The molecule has 0 saturated carbocycles. The van der Waals surface area contributed by atoms with Crippen molar-refractivity contribution in [3.8, 4) is 0 Å². The molecular formula is C14H22N4OS. The standard InChI is InChI=1S/C14H22N4OS/c1-4-7-15-10(2)5-6-14-17-13(18-19-14)8-12-9-20-11(3)16-12/h9-10,15H,4-8H2,1-3H3. The maximum Gasteiger partial charge on any atom is 0.226 e. The molecule has 0 saturated heterocycles. The van der Waals surface area contributed by atoms with E-state index in [1.807, 2.05) is 12.3 Å². The van der Waals surface area contributed by atoms with E-state index in [0.29, 0.717) is 12.5 Å². The van der Waals surface area contributed by atoms with Crippen molar-refractivity contribution in [1.29, 1.82) is 0 Å². The van der Waals surface area contributed by atoms with E-state index in [4.69, 9.17) is 4.52 Å². The molecule has 110 valence electrons. The molecule has 2 aromatic rings. The molecule has 2 aromatic heterocycles. The van der Waals surface area contributed by atoms with Crippen LogP contribution in [0.15, 0.2) is 9.90 Å². The number of nitrogens with zero attached hydrogens (tertiary/aromatic N) is 3. The zero-order chi connectivity index (χ0) is 14.4. The fraction of sp³-hybridized carbons (Fsp3) is 0.643. The maximum atomic E-state index is 5.29. The molecule has 0 aliphatic heterocycles. The minimum Gasteiger partial charge on any atom is -0.339 e. The van der Waals surface area contributed by atoms with Gasteiger partial charge in [-0.3, -0.25) is 0 Å². The molecule has 5 nitrogen and oxygen atoms in total. The monoisotopic (exact) mass is 294 g/mol. The van der Waals surface area contributed by atoms with Crippen molar-refractivity contribution < 1.29 is 4.52 Å². The summed E-state index contributed by atoms with van der Waals surface area (Å²) in [4.78, 5) is 8.84. The van der Waals surface area contributed by atoms with Gasteiger partial charge in [0.05, 0.1) is 17.1 Å². The highest BCUT2D eigenvalue weighted by Crippen LogP contribution is 2.12. The fourth-order valence-corrected chi connectivity index (χ4v) is 2.56. The summed E-state index contributed by atoms with van der Waals surface area (Å²) in [6.07, 6.45) is 3.64. The summed E-state index contributed by atoms with van der Waals surface area (Å²) in [7, 11) is 0. The average molecular weight is 294 g/mol. The van der Waals surface area contributed by atoms with Crippen LogP contribution in [-0.2, 0) is 12.8 Å². The third-order valence-electron chi connectivity index (χ3n) is 3.05. The molecule has 0 aliphatic carbocycles. The summed E-state index contributed by atoms with van der Waals surface area (Å²) in [6, 6.07) is 0.478. The highest BCUT2D eigenvalue weighted by molar-refractivity contribution is 7.09. The van der Waals surface area contributed by atoms with Gasteiger partial charge in [-0.05, 0) is 33.2 Å². The Morgan fingerprint density at radius 2 is 2.25 bits per heavy atom. The molecule has 0 spiro atoms. The quantitative estimate of drug-likeness (QED) is 0.811. The zero-order valence-electron chi connectivity index (χ0n) is 12.3. The first kappa shape index (κ1) is 15.1. The summed E-state index contributed by atoms with van der Waals surface area (Å²) in [5, 5.41) is 10.6. The second-order valence-corrected chi connectivity index (χ2v) is 6.10. The van der Waals surface area contributed by atoms with Gasteiger partial charge in [0.1, 0.15) is 0 Å². The zero-order valence-corrected chi connectivity index (χ0v) is 13.2. The average Bonchev–Trinajstić information content (AvgIpc) is 3.04. The number of aromatic nitrogens is 3. The predicted octanol–water partition coefficient (Wildman–Crippen LogP) is 2.75. The Balaban J connectivity index is 1.80. The molecule has 20 heavy (non-hydrogen) atoms. The lowest BCUT2D eigenvalue weighted by molar-refractivity contribution is 0.363. The summed E-state index contributed by atoms with van der Waals surface area (Å²) in [6.45, 7) is 7.41. The van der Waals surface area contributed by atoms with Crippen LogP contribution in [0.4, 0.5) is 0 Å². The van der Waals surface area contributed by atoms with Gasteiger partial charge in [0.25, 0.3) is 0 Å². The first-order valence-corrected chi connectivity index (χ1v) is 8.01. The molecule has 0 fully saturated rings. The smallest absolute Gasteiger partial charge is 0.226 e. The largest absolute Gasteiger partial charge is 0.339 e. The topological polar surface area (TPSA) is 63.8 Å². The van der Waals surface area contributed by atoms with E-state index in [1.165, 1.54) is 0 Å². The van der Waals surface area contributed by atoms with Crippen LogP contribution in [0.1, 0.15) is 49.1 Å². The third kappa shape index (κ3) is 4.68. The molecule has 2 rings (SSSR count). The molecule has 1 atom stereocenters. The van der Waals surface area contributed by atoms with Crippen molar-refractivity contribution in [2.24, 2.45) is 0 Å². The lowest BCUT2D eigenvalue weighted by atomic mass is 10.2. The van der Waals surface area contributed by atoms with E-state index in [0.717, 1.165) is 48.2 Å². The van der Waals surface area contributed by atoms with E-state index in [9.17, 15) is 0 Å². The summed E-state index contributed by atoms with van der Waals surface area (Å²) in [5.41, 5.74) is 1.01. The molecule has 6 heteroatoms. The van der Waals surface area contributed by atoms with Crippen LogP contribution < -0.4 is 5.32 Å². The van der Waals surface area contributed by atoms with Crippen molar-refractivity contribution in [2.75, 3.05) is 6.54 Å². The molecule has 0 aromatic carbocycles. The predicted molar refractivity (Wildman–Crippen MR) is 80.0 cm³/mol. The van der Waals surface area contributed by atoms with Gasteiger partial charge in [-0.1, -0.05) is 12.1 Å². The number of nitrogens with one attached hydrogen (secondary N) is 1. The first-order valence-electron chi connectivity index (χ1n) is 7.13. The fourth-order valence-electron chi connectivity index (χ4n) is 1.95. The third-order valence-corrected chi connectivity index (χ3v) is 3.87. The Labute approximate surface area is 123 Å². The van der Waals surface area contributed by atoms with Crippen LogP contribution in [0.3, 0.4) is 0 Å². The molecule has 0 aliphatic rings. The molecule has 2 heterocycles. The van der Waals surface area contributed by atoms with Gasteiger partial charge >= 0.3 is 0 Å². The molecular weight excluding hydrogens is 272 g/mol. The first-order chi connectivity index (χ1) is 9.67. The van der Waals surface area contributed by atoms with E-state index in [2.05, 4.69) is 34.3 Å². The minimum absolute atomic E-state index is 0.478. The van der Waals surface area contributed by atoms with Crippen molar-refractivity contribution in [2.45, 2.75) is 52.5 Å². The van der Waals surface area contributed by atoms with Crippen LogP contribution >= 0.6 is 11.3 Å². The molecule has 1 N–H and O–H groups in total. The number of rotatable bonds is 8. The van der Waals surface area contributed by atoms with Crippen molar-refractivity contribution in [1.82, 2.24) is 20.4 Å². The van der Waals surface area contributed by atoms with E-state index < -0.39 is 0 Å². The number of hydrogen-bond donors (Lipinski definition) is 1. The second kappa shape index (κ2) is 7.50. The summed E-state index contributed by atoms with van der Waals surface area (Å²) >= 11 is 1.65. The van der Waals surface area contributed by atoms with E-state index >= 15 is 0 Å². The van der Waals surface area contributed by atoms with Crippen LogP contribution in [0.2, 0.25) is 0 Å². The van der Waals surface area contributed by atoms with Gasteiger partial charge in [-0.2, -0.15) is 4.98 Å². The SMILES string of the molecule is CCCNC(C)CCc1nc(Cc2csc(C)n2)no1. The van der Waals surface area contributed by atoms with Crippen LogP contribution in [0, 0.1) is 6.92 Å². The summed E-state index contributed by atoms with van der Waals surface area (Å²) in [5.74, 6) is 1.44. The van der Waals surface area contributed by atoms with Gasteiger partial charge in [0.15, 0.2) is 5.82 Å². The lowest BCUT2D eigenvalue weighted by Gasteiger charge is -2.10. The Morgan fingerprint density at radius 1 is 1.40 bits per heavy atom. The lowest BCUT2D eigenvalue weighted by Crippen LogP contribution is -2.27. The summed E-state index contributed by atoms with van der Waals surface area (Å²) < 4.78 is 5.29. The Morgan fingerprint density at radius 3 is 2.95 bits per heavy atom. The van der Waals surface area contributed by atoms with Crippen LogP contribution in [-0.4, -0.2) is 27.7 Å². The Kier molecular flexibility index (Phi) is 5.67. The van der Waals surface area contributed by atoms with E-state index in [-0.39, 0.29) is 0 Å². The normalized spacial score (nSPS) is 12.8. The molecule has 0 amide bonds. The highest BCUT2D eigenvalue weighted by atomic mass is 32.1. The van der Waals surface area contributed by atoms with Gasteiger partial charge < -0.3 is 9.84 Å². The van der Waals surface area contributed by atoms with Gasteiger partial charge in [-0.25, -0.2) is 4.98 Å². The maximum absolute atomic E-state index is 5.29. The second-order valence-electron chi connectivity index (χ2n) is 5.03. The Bertz CT molecular complexity index is 523. The molecule has 1 unspecified atom stereocenters. The highest BCUT2D eigenvalue weighted by Gasteiger charge is 2.10. The minimum atomic E-state index is 0.478. The van der Waals surface area contributed by atoms with Crippen molar-refractivity contribution >= 4 is 11.3 Å². The molecule has 0 bridgehead atoms. The number of thiazole rings is 1. The van der Waals surface area contributed by atoms with Crippen molar-refractivity contribution in [3.05, 3.63) is 27.8 Å². The number of hydrogen-bond acceptors (Lipinski definition) is 6. The molecule has 0 radical (unpaired) electrons. The van der Waals surface area contributed by atoms with Crippen molar-refractivity contribution in [3.63, 3.8) is 0 Å².